The standard InChI is InChI=1S/C29H28ClF3N2O8S/c1-41-21-13-19(14-22(15-21)44(2,39)40)34-27(23-8-6-18(30)12-25(23)42-11-3-4-26(36)37)28(38)35-10-9-17-5-7-20(16-24(17)35)43-29(31,32)33/h5-8,12-16,27,34H,3-4,9-11H2,1-2H3,(H,36,37). The number of carbonyl (C=O) groups excluding carboxylic acids is 1. The Morgan fingerprint density at radius 3 is 2.50 bits per heavy atom. The van der Waals surface area contributed by atoms with Crippen molar-refractivity contribution in [1.29, 1.82) is 0 Å². The third-order valence-corrected chi connectivity index (χ3v) is 7.96. The molecule has 0 aromatic heterocycles. The molecule has 15 heteroatoms. The lowest BCUT2D eigenvalue weighted by atomic mass is 10.0. The number of hydrogen-bond acceptors (Lipinski definition) is 8. The first-order valence-corrected chi connectivity index (χ1v) is 15.4. The lowest BCUT2D eigenvalue weighted by molar-refractivity contribution is -0.274. The average molecular weight is 657 g/mol. The van der Waals surface area contributed by atoms with Crippen molar-refractivity contribution in [1.82, 2.24) is 0 Å². The van der Waals surface area contributed by atoms with E-state index in [-0.39, 0.29) is 64.3 Å². The maximum absolute atomic E-state index is 14.3. The van der Waals surface area contributed by atoms with Crippen molar-refractivity contribution in [2.45, 2.75) is 36.6 Å². The second kappa shape index (κ2) is 13.2. The number of methoxy groups -OCH3 is 1. The van der Waals surface area contributed by atoms with Gasteiger partial charge in [-0.15, -0.1) is 13.2 Å². The summed E-state index contributed by atoms with van der Waals surface area (Å²) in [6.45, 7) is 0.111. The fraction of sp³-hybridized carbons (Fsp3) is 0.310. The second-order valence-corrected chi connectivity index (χ2v) is 12.3. The quantitative estimate of drug-likeness (QED) is 0.238. The number of nitrogens with zero attached hydrogens (tertiary/aromatic N) is 1. The van der Waals surface area contributed by atoms with Gasteiger partial charge in [-0.05, 0) is 48.7 Å². The second-order valence-electron chi connectivity index (χ2n) is 9.85. The molecule has 0 fully saturated rings. The number of anilines is 2. The molecule has 10 nitrogen and oxygen atoms in total. The van der Waals surface area contributed by atoms with E-state index in [0.29, 0.717) is 12.0 Å². The molecular weight excluding hydrogens is 629 g/mol. The Balaban J connectivity index is 1.79. The van der Waals surface area contributed by atoms with Crippen molar-refractivity contribution < 1.29 is 50.5 Å². The molecule has 1 atom stereocenters. The Labute approximate surface area is 256 Å². The minimum absolute atomic E-state index is 0.0252. The number of amides is 1. The highest BCUT2D eigenvalue weighted by Crippen LogP contribution is 2.39. The van der Waals surface area contributed by atoms with E-state index in [4.69, 9.17) is 26.2 Å². The van der Waals surface area contributed by atoms with Gasteiger partial charge < -0.3 is 29.5 Å². The van der Waals surface area contributed by atoms with Gasteiger partial charge in [-0.2, -0.15) is 0 Å². The number of aliphatic carboxylic acids is 1. The van der Waals surface area contributed by atoms with Gasteiger partial charge in [-0.3, -0.25) is 9.59 Å². The first kappa shape index (κ1) is 32.7. The largest absolute Gasteiger partial charge is 0.573 e. The van der Waals surface area contributed by atoms with Crippen LogP contribution in [0.25, 0.3) is 0 Å². The molecule has 1 aliphatic rings. The normalized spacial score (nSPS) is 13.6. The lowest BCUT2D eigenvalue weighted by Gasteiger charge is -2.28. The highest BCUT2D eigenvalue weighted by molar-refractivity contribution is 7.90. The third kappa shape index (κ3) is 8.26. The van der Waals surface area contributed by atoms with E-state index in [1.807, 2.05) is 0 Å². The molecule has 1 unspecified atom stereocenters. The Morgan fingerprint density at radius 2 is 1.84 bits per heavy atom. The Bertz CT molecular complexity index is 1670. The molecule has 0 bridgehead atoms. The fourth-order valence-electron chi connectivity index (χ4n) is 4.64. The molecule has 44 heavy (non-hydrogen) atoms. The van der Waals surface area contributed by atoms with Crippen molar-refractivity contribution in [3.63, 3.8) is 0 Å². The number of carboxylic acid groups (broad SMARTS) is 1. The predicted molar refractivity (Wildman–Crippen MR) is 155 cm³/mol. The van der Waals surface area contributed by atoms with Crippen LogP contribution in [-0.4, -0.2) is 58.3 Å². The van der Waals surface area contributed by atoms with E-state index in [1.54, 1.807) is 0 Å². The van der Waals surface area contributed by atoms with Crippen LogP contribution in [0.4, 0.5) is 24.5 Å². The molecule has 2 N–H and O–H groups in total. The van der Waals surface area contributed by atoms with Crippen molar-refractivity contribution in [2.75, 3.05) is 36.7 Å². The molecule has 1 aliphatic heterocycles. The smallest absolute Gasteiger partial charge is 0.497 e. The zero-order valence-corrected chi connectivity index (χ0v) is 25.1. The molecule has 3 aromatic carbocycles. The predicted octanol–water partition coefficient (Wildman–Crippen LogP) is 5.64. The molecule has 0 saturated carbocycles. The zero-order chi connectivity index (χ0) is 32.2. The summed E-state index contributed by atoms with van der Waals surface area (Å²) in [6.07, 6.45) is -3.58. The number of fused-ring (bicyclic) bond motifs is 1. The molecule has 0 aliphatic carbocycles. The average Bonchev–Trinajstić information content (AvgIpc) is 3.35. The van der Waals surface area contributed by atoms with Crippen LogP contribution in [0.2, 0.25) is 5.02 Å². The van der Waals surface area contributed by atoms with Crippen LogP contribution in [0.1, 0.15) is 30.0 Å². The van der Waals surface area contributed by atoms with Gasteiger partial charge in [-0.1, -0.05) is 23.7 Å². The maximum atomic E-state index is 14.3. The number of carbonyl (C=O) groups is 2. The van der Waals surface area contributed by atoms with E-state index in [1.165, 1.54) is 60.5 Å². The van der Waals surface area contributed by atoms with Crippen molar-refractivity contribution in [3.8, 4) is 17.2 Å². The van der Waals surface area contributed by atoms with Gasteiger partial charge in [-0.25, -0.2) is 8.42 Å². The molecule has 4 rings (SSSR count). The topological polar surface area (TPSA) is 131 Å². The minimum Gasteiger partial charge on any atom is -0.497 e. The number of ether oxygens (including phenoxy) is 3. The molecule has 0 radical (unpaired) electrons. The number of nitrogens with one attached hydrogen (secondary N) is 1. The number of carboxylic acids is 1. The van der Waals surface area contributed by atoms with Gasteiger partial charge in [0.1, 0.15) is 23.3 Å². The van der Waals surface area contributed by atoms with Crippen LogP contribution in [0.3, 0.4) is 0 Å². The number of rotatable bonds is 12. The first-order valence-electron chi connectivity index (χ1n) is 13.1. The minimum atomic E-state index is -4.94. The molecular formula is C29H28ClF3N2O8S. The van der Waals surface area contributed by atoms with Gasteiger partial charge in [0, 0.05) is 47.6 Å². The van der Waals surface area contributed by atoms with Crippen LogP contribution < -0.4 is 24.4 Å². The van der Waals surface area contributed by atoms with Crippen LogP contribution in [0.5, 0.6) is 17.2 Å². The maximum Gasteiger partial charge on any atom is 0.573 e. The van der Waals surface area contributed by atoms with Gasteiger partial charge in [0.05, 0.1) is 24.3 Å². The lowest BCUT2D eigenvalue weighted by Crippen LogP contribution is -2.37. The molecule has 1 amide bonds. The van der Waals surface area contributed by atoms with E-state index in [2.05, 4.69) is 10.1 Å². The third-order valence-electron chi connectivity index (χ3n) is 6.63. The molecule has 3 aromatic rings. The Morgan fingerprint density at radius 1 is 1.09 bits per heavy atom. The number of benzene rings is 3. The summed E-state index contributed by atoms with van der Waals surface area (Å²) in [5, 5.41) is 12.3. The van der Waals surface area contributed by atoms with E-state index in [0.717, 1.165) is 12.3 Å². The number of sulfone groups is 1. The fourth-order valence-corrected chi connectivity index (χ4v) is 5.48. The van der Waals surface area contributed by atoms with Gasteiger partial charge in [0.15, 0.2) is 9.84 Å². The summed E-state index contributed by atoms with van der Waals surface area (Å²) in [6, 6.07) is 11.0. The molecule has 0 saturated heterocycles. The summed E-state index contributed by atoms with van der Waals surface area (Å²) in [5.74, 6) is -1.79. The number of halogens is 4. The first-order chi connectivity index (χ1) is 20.6. The number of alkyl halides is 3. The summed E-state index contributed by atoms with van der Waals surface area (Å²) in [7, 11) is -2.36. The van der Waals surface area contributed by atoms with Crippen molar-refractivity contribution >= 4 is 44.7 Å². The number of hydrogen-bond donors (Lipinski definition) is 2. The van der Waals surface area contributed by atoms with Crippen LogP contribution in [-0.2, 0) is 25.8 Å². The Hall–Kier alpha value is -4.17. The monoisotopic (exact) mass is 656 g/mol. The van der Waals surface area contributed by atoms with E-state index >= 15 is 0 Å². The van der Waals surface area contributed by atoms with Crippen molar-refractivity contribution in [3.05, 3.63) is 70.7 Å². The highest BCUT2D eigenvalue weighted by atomic mass is 35.5. The van der Waals surface area contributed by atoms with Crippen LogP contribution in [0, 0.1) is 0 Å². The summed E-state index contributed by atoms with van der Waals surface area (Å²) < 4.78 is 78.8. The van der Waals surface area contributed by atoms with Crippen LogP contribution >= 0.6 is 11.6 Å². The van der Waals surface area contributed by atoms with Crippen molar-refractivity contribution in [2.24, 2.45) is 0 Å². The van der Waals surface area contributed by atoms with Crippen LogP contribution in [0.15, 0.2) is 59.5 Å². The molecule has 0 spiro atoms. The SMILES string of the molecule is COc1cc(NC(C(=O)N2CCc3ccc(OC(F)(F)F)cc32)c2ccc(Cl)cc2OCCCC(=O)O)cc(S(C)(=O)=O)c1. The summed E-state index contributed by atoms with van der Waals surface area (Å²) in [5.41, 5.74) is 1.27. The summed E-state index contributed by atoms with van der Waals surface area (Å²) >= 11 is 6.22. The van der Waals surface area contributed by atoms with Gasteiger partial charge in [0.25, 0.3) is 5.91 Å². The van der Waals surface area contributed by atoms with E-state index < -0.39 is 39.9 Å². The summed E-state index contributed by atoms with van der Waals surface area (Å²) in [4.78, 5) is 26.5. The van der Waals surface area contributed by atoms with Gasteiger partial charge in [0.2, 0.25) is 0 Å². The highest BCUT2D eigenvalue weighted by Gasteiger charge is 2.35. The van der Waals surface area contributed by atoms with E-state index in [9.17, 15) is 31.2 Å². The zero-order valence-electron chi connectivity index (χ0n) is 23.5. The molecule has 236 valence electrons. The van der Waals surface area contributed by atoms with Gasteiger partial charge >= 0.3 is 12.3 Å². The molecule has 1 heterocycles. The Kier molecular flexibility index (Phi) is 9.84.